The summed E-state index contributed by atoms with van der Waals surface area (Å²) in [5.41, 5.74) is 4.39. The van der Waals surface area contributed by atoms with Crippen LogP contribution in [0.2, 0.25) is 0 Å². The third-order valence-corrected chi connectivity index (χ3v) is 5.94. The van der Waals surface area contributed by atoms with Crippen LogP contribution >= 0.6 is 23.1 Å². The first-order valence-corrected chi connectivity index (χ1v) is 10.0. The Bertz CT molecular complexity index is 898. The highest BCUT2D eigenvalue weighted by Crippen LogP contribution is 2.29. The molecule has 0 unspecified atom stereocenters. The lowest BCUT2D eigenvalue weighted by Crippen LogP contribution is -2.14. The number of amides is 1. The van der Waals surface area contributed by atoms with Gasteiger partial charge in [0.1, 0.15) is 0 Å². The Morgan fingerprint density at radius 2 is 1.88 bits per heavy atom. The summed E-state index contributed by atoms with van der Waals surface area (Å²) in [7, 11) is 0. The highest BCUT2D eigenvalue weighted by molar-refractivity contribution is 7.99. The van der Waals surface area contributed by atoms with E-state index in [0.29, 0.717) is 16.8 Å². The molecule has 1 heterocycles. The third-order valence-electron chi connectivity index (χ3n) is 3.99. The van der Waals surface area contributed by atoms with E-state index in [2.05, 4.69) is 62.3 Å². The molecule has 0 bridgehead atoms. The molecule has 0 aliphatic rings. The lowest BCUT2D eigenvalue weighted by molar-refractivity contribution is -0.115. The van der Waals surface area contributed by atoms with Crippen molar-refractivity contribution < 1.29 is 4.79 Å². The van der Waals surface area contributed by atoms with E-state index in [-0.39, 0.29) is 5.91 Å². The topological polar surface area (TPSA) is 42.0 Å². The fraction of sp³-hybridized carbons (Fsp3) is 0.300. The molecule has 0 radical (unpaired) electrons. The average Bonchev–Trinajstić information content (AvgIpc) is 2.95. The minimum atomic E-state index is -0.0299. The van der Waals surface area contributed by atoms with Crippen LogP contribution in [0.25, 0.3) is 10.2 Å². The minimum absolute atomic E-state index is 0.0299. The minimum Gasteiger partial charge on any atom is -0.302 e. The zero-order valence-corrected chi connectivity index (χ0v) is 16.6. The Labute approximate surface area is 156 Å². The van der Waals surface area contributed by atoms with Gasteiger partial charge in [-0.3, -0.25) is 4.79 Å². The Morgan fingerprint density at radius 3 is 2.56 bits per heavy atom. The van der Waals surface area contributed by atoms with E-state index in [1.807, 2.05) is 23.9 Å². The fourth-order valence-corrected chi connectivity index (χ4v) is 4.37. The van der Waals surface area contributed by atoms with Crippen molar-refractivity contribution in [3.8, 4) is 0 Å². The van der Waals surface area contributed by atoms with Gasteiger partial charge in [0.2, 0.25) is 5.91 Å². The van der Waals surface area contributed by atoms with Crippen LogP contribution in [0.1, 0.15) is 30.5 Å². The van der Waals surface area contributed by atoms with Crippen LogP contribution in [-0.2, 0) is 11.2 Å². The Hall–Kier alpha value is -1.85. The molecular weight excluding hydrogens is 348 g/mol. The van der Waals surface area contributed by atoms with Crippen molar-refractivity contribution in [2.24, 2.45) is 0 Å². The van der Waals surface area contributed by atoms with Crippen LogP contribution in [0.15, 0.2) is 41.3 Å². The van der Waals surface area contributed by atoms with Crippen LogP contribution in [0.3, 0.4) is 0 Å². The van der Waals surface area contributed by atoms with Gasteiger partial charge in [-0.15, -0.1) is 11.8 Å². The number of thiazole rings is 1. The maximum Gasteiger partial charge on any atom is 0.230 e. The molecular formula is C20H22N2OS2. The molecule has 3 rings (SSSR count). The summed E-state index contributed by atoms with van der Waals surface area (Å²) in [6, 6.07) is 12.4. The Kier molecular flexibility index (Phi) is 5.45. The van der Waals surface area contributed by atoms with Crippen LogP contribution in [-0.4, -0.2) is 16.1 Å². The van der Waals surface area contributed by atoms with Crippen LogP contribution in [0.4, 0.5) is 5.13 Å². The van der Waals surface area contributed by atoms with Crippen molar-refractivity contribution in [3.63, 3.8) is 0 Å². The van der Waals surface area contributed by atoms with E-state index in [1.54, 1.807) is 0 Å². The molecule has 0 saturated carbocycles. The number of aryl methyl sites for hydroxylation is 2. The summed E-state index contributed by atoms with van der Waals surface area (Å²) in [6.45, 7) is 8.49. The van der Waals surface area contributed by atoms with Gasteiger partial charge in [-0.1, -0.05) is 43.4 Å². The van der Waals surface area contributed by atoms with Gasteiger partial charge < -0.3 is 5.32 Å². The molecule has 1 aromatic heterocycles. The smallest absolute Gasteiger partial charge is 0.230 e. The molecule has 25 heavy (non-hydrogen) atoms. The quantitative estimate of drug-likeness (QED) is 0.595. The van der Waals surface area contributed by atoms with Crippen molar-refractivity contribution in [2.45, 2.75) is 44.3 Å². The van der Waals surface area contributed by atoms with Crippen molar-refractivity contribution >= 4 is 44.4 Å². The van der Waals surface area contributed by atoms with Gasteiger partial charge in [-0.05, 0) is 48.7 Å². The molecule has 3 aromatic rings. The number of thioether (sulfide) groups is 1. The number of anilines is 1. The SMILES string of the molecule is Cc1ccc2sc(NC(=O)Cc3ccc(SC(C)C)cc3)nc2c1C. The van der Waals surface area contributed by atoms with E-state index in [0.717, 1.165) is 15.8 Å². The molecule has 0 atom stereocenters. The number of nitrogens with one attached hydrogen (secondary N) is 1. The monoisotopic (exact) mass is 370 g/mol. The average molecular weight is 371 g/mol. The number of carbonyl (C=O) groups excluding carboxylic acids is 1. The molecule has 0 aliphatic carbocycles. The zero-order valence-electron chi connectivity index (χ0n) is 14.9. The normalized spacial score (nSPS) is 11.2. The Balaban J connectivity index is 1.67. The molecule has 5 heteroatoms. The summed E-state index contributed by atoms with van der Waals surface area (Å²) in [6.07, 6.45) is 0.362. The van der Waals surface area contributed by atoms with Crippen LogP contribution < -0.4 is 5.32 Å². The van der Waals surface area contributed by atoms with Crippen molar-refractivity contribution in [2.75, 3.05) is 5.32 Å². The largest absolute Gasteiger partial charge is 0.302 e. The van der Waals surface area contributed by atoms with Gasteiger partial charge in [0.05, 0.1) is 16.6 Å². The van der Waals surface area contributed by atoms with Crippen molar-refractivity contribution in [1.29, 1.82) is 0 Å². The lowest BCUT2D eigenvalue weighted by Gasteiger charge is -2.06. The van der Waals surface area contributed by atoms with Crippen LogP contribution in [0.5, 0.6) is 0 Å². The zero-order chi connectivity index (χ0) is 18.0. The summed E-state index contributed by atoms with van der Waals surface area (Å²) in [4.78, 5) is 18.1. The molecule has 0 saturated heterocycles. The van der Waals surface area contributed by atoms with E-state index in [4.69, 9.17) is 0 Å². The standard InChI is InChI=1S/C20H22N2OS2/c1-12(2)24-16-8-6-15(7-9-16)11-18(23)21-20-22-19-14(4)13(3)5-10-17(19)25-20/h5-10,12H,11H2,1-4H3,(H,21,22,23). The predicted octanol–water partition coefficient (Wildman–Crippen LogP) is 5.59. The second-order valence-corrected chi connectivity index (χ2v) is 9.09. The van der Waals surface area contributed by atoms with Gasteiger partial charge >= 0.3 is 0 Å². The van der Waals surface area contributed by atoms with Crippen molar-refractivity contribution in [1.82, 2.24) is 4.98 Å². The number of hydrogen-bond acceptors (Lipinski definition) is 4. The molecule has 1 amide bonds. The predicted molar refractivity (Wildman–Crippen MR) is 109 cm³/mol. The van der Waals surface area contributed by atoms with Crippen molar-refractivity contribution in [3.05, 3.63) is 53.1 Å². The summed E-state index contributed by atoms with van der Waals surface area (Å²) < 4.78 is 1.11. The third kappa shape index (κ3) is 4.41. The van der Waals surface area contributed by atoms with Gasteiger partial charge in [-0.25, -0.2) is 4.98 Å². The molecule has 3 nitrogen and oxygen atoms in total. The van der Waals surface area contributed by atoms with E-state index in [9.17, 15) is 4.79 Å². The summed E-state index contributed by atoms with van der Waals surface area (Å²) >= 11 is 3.35. The molecule has 0 fully saturated rings. The second kappa shape index (κ2) is 7.58. The van der Waals surface area contributed by atoms with E-state index < -0.39 is 0 Å². The summed E-state index contributed by atoms with van der Waals surface area (Å²) in [5, 5.41) is 4.16. The molecule has 2 aromatic carbocycles. The molecule has 0 aliphatic heterocycles. The summed E-state index contributed by atoms with van der Waals surface area (Å²) in [5.74, 6) is -0.0299. The number of fused-ring (bicyclic) bond motifs is 1. The first kappa shape index (κ1) is 18.0. The highest BCUT2D eigenvalue weighted by atomic mass is 32.2. The number of hydrogen-bond donors (Lipinski definition) is 1. The molecule has 0 spiro atoms. The molecule has 130 valence electrons. The van der Waals surface area contributed by atoms with Gasteiger partial charge in [-0.2, -0.15) is 0 Å². The fourth-order valence-electron chi connectivity index (χ4n) is 2.59. The van der Waals surface area contributed by atoms with E-state index in [1.165, 1.54) is 27.4 Å². The van der Waals surface area contributed by atoms with Crippen LogP contribution in [0, 0.1) is 13.8 Å². The lowest BCUT2D eigenvalue weighted by atomic mass is 10.1. The number of nitrogens with zero attached hydrogens (tertiary/aromatic N) is 1. The number of benzene rings is 2. The maximum absolute atomic E-state index is 12.3. The molecule has 1 N–H and O–H groups in total. The van der Waals surface area contributed by atoms with Gasteiger partial charge in [0.25, 0.3) is 0 Å². The first-order valence-electron chi connectivity index (χ1n) is 8.34. The van der Waals surface area contributed by atoms with Gasteiger partial charge in [0.15, 0.2) is 5.13 Å². The van der Waals surface area contributed by atoms with Gasteiger partial charge in [0, 0.05) is 10.1 Å². The van der Waals surface area contributed by atoms with E-state index >= 15 is 0 Å². The number of rotatable bonds is 5. The Morgan fingerprint density at radius 1 is 1.16 bits per heavy atom. The first-order chi connectivity index (χ1) is 11.9. The number of carbonyl (C=O) groups is 1. The number of aromatic nitrogens is 1. The second-order valence-electron chi connectivity index (χ2n) is 6.41. The highest BCUT2D eigenvalue weighted by Gasteiger charge is 2.11. The maximum atomic E-state index is 12.3.